The Hall–Kier alpha value is -2.17. The zero-order valence-electron chi connectivity index (χ0n) is 18.5. The maximum atomic E-state index is 11.5. The van der Waals surface area contributed by atoms with Gasteiger partial charge in [0.25, 0.3) is 0 Å². The molecule has 2 aromatic carbocycles. The number of likely N-dealkylation sites (tertiary alicyclic amines) is 1. The van der Waals surface area contributed by atoms with Crippen molar-refractivity contribution >= 4 is 5.91 Å². The van der Waals surface area contributed by atoms with Crippen molar-refractivity contribution in [3.05, 3.63) is 71.3 Å². The maximum Gasteiger partial charge on any atom is 0.224 e. The van der Waals surface area contributed by atoms with Gasteiger partial charge >= 0.3 is 0 Å². The summed E-state index contributed by atoms with van der Waals surface area (Å²) in [6.07, 6.45) is 5.14. The normalized spacial score (nSPS) is 16.3. The number of benzene rings is 2. The Labute approximate surface area is 181 Å². The standard InChI is InChI=1S/C26H36N2O2/c1-3-30-21-26(14-13-22-7-5-4-6-8-22)15-17-28(18-16-26)20-24-11-9-23(10-12-24)19-25(29)27-2/h4-12H,3,13-21H2,1-2H3,(H,27,29). The largest absolute Gasteiger partial charge is 0.381 e. The van der Waals surface area contributed by atoms with Gasteiger partial charge in [0.1, 0.15) is 0 Å². The van der Waals surface area contributed by atoms with Gasteiger partial charge < -0.3 is 10.1 Å². The van der Waals surface area contributed by atoms with Crippen molar-refractivity contribution in [2.75, 3.05) is 33.4 Å². The van der Waals surface area contributed by atoms with Crippen LogP contribution in [0.3, 0.4) is 0 Å². The van der Waals surface area contributed by atoms with Gasteiger partial charge in [-0.3, -0.25) is 9.69 Å². The van der Waals surface area contributed by atoms with E-state index in [-0.39, 0.29) is 5.91 Å². The van der Waals surface area contributed by atoms with Crippen LogP contribution in [0.1, 0.15) is 42.9 Å². The molecule has 30 heavy (non-hydrogen) atoms. The third-order valence-electron chi connectivity index (χ3n) is 6.39. The summed E-state index contributed by atoms with van der Waals surface area (Å²) in [4.78, 5) is 14.1. The second-order valence-corrected chi connectivity index (χ2v) is 8.57. The third kappa shape index (κ3) is 6.68. The molecule has 1 heterocycles. The number of rotatable bonds is 10. The predicted molar refractivity (Wildman–Crippen MR) is 122 cm³/mol. The molecule has 162 valence electrons. The van der Waals surface area contributed by atoms with E-state index in [9.17, 15) is 4.79 Å². The quantitative estimate of drug-likeness (QED) is 0.640. The lowest BCUT2D eigenvalue weighted by molar-refractivity contribution is -0.119. The first-order valence-electron chi connectivity index (χ1n) is 11.2. The zero-order chi connectivity index (χ0) is 21.2. The minimum absolute atomic E-state index is 0.0555. The number of nitrogens with one attached hydrogen (secondary N) is 1. The Morgan fingerprint density at radius 2 is 1.67 bits per heavy atom. The summed E-state index contributed by atoms with van der Waals surface area (Å²) in [5.74, 6) is 0.0555. The Kier molecular flexibility index (Phi) is 8.47. The van der Waals surface area contributed by atoms with Crippen LogP contribution in [0, 0.1) is 5.41 Å². The molecule has 0 saturated carbocycles. The number of likely N-dealkylation sites (N-methyl/N-ethyl adjacent to an activating group) is 1. The number of carbonyl (C=O) groups is 1. The lowest BCUT2D eigenvalue weighted by atomic mass is 9.74. The molecule has 0 unspecified atom stereocenters. The maximum absolute atomic E-state index is 11.5. The molecule has 0 bridgehead atoms. The van der Waals surface area contributed by atoms with Gasteiger partial charge in [0.05, 0.1) is 13.0 Å². The summed E-state index contributed by atoms with van der Waals surface area (Å²) in [6, 6.07) is 19.3. The molecule has 0 spiro atoms. The Bertz CT molecular complexity index is 765. The molecule has 1 N–H and O–H groups in total. The van der Waals surface area contributed by atoms with Gasteiger partial charge in [-0.1, -0.05) is 54.6 Å². The number of ether oxygens (including phenoxy) is 1. The number of aryl methyl sites for hydroxylation is 1. The molecular weight excluding hydrogens is 372 g/mol. The molecule has 0 aliphatic carbocycles. The summed E-state index contributed by atoms with van der Waals surface area (Å²) in [5.41, 5.74) is 4.10. The van der Waals surface area contributed by atoms with Crippen molar-refractivity contribution in [2.24, 2.45) is 5.41 Å². The predicted octanol–water partition coefficient (Wildman–Crippen LogP) is 4.23. The SMILES string of the molecule is CCOCC1(CCc2ccccc2)CCN(Cc2ccc(CC(=O)NC)cc2)CC1. The molecule has 1 amide bonds. The molecule has 0 atom stereocenters. The highest BCUT2D eigenvalue weighted by molar-refractivity contribution is 5.78. The van der Waals surface area contributed by atoms with Gasteiger partial charge in [0.2, 0.25) is 5.91 Å². The first-order valence-corrected chi connectivity index (χ1v) is 11.2. The van der Waals surface area contributed by atoms with E-state index in [1.54, 1.807) is 7.05 Å². The number of nitrogens with zero attached hydrogens (tertiary/aromatic N) is 1. The highest BCUT2D eigenvalue weighted by Crippen LogP contribution is 2.37. The van der Waals surface area contributed by atoms with Crippen molar-refractivity contribution in [1.82, 2.24) is 10.2 Å². The minimum atomic E-state index is 0.0555. The van der Waals surface area contributed by atoms with Crippen LogP contribution in [0.5, 0.6) is 0 Å². The molecular formula is C26H36N2O2. The van der Waals surface area contributed by atoms with Crippen LogP contribution >= 0.6 is 0 Å². The molecule has 3 rings (SSSR count). The topological polar surface area (TPSA) is 41.6 Å². The average molecular weight is 409 g/mol. The van der Waals surface area contributed by atoms with Crippen molar-refractivity contribution in [2.45, 2.75) is 45.6 Å². The highest BCUT2D eigenvalue weighted by atomic mass is 16.5. The summed E-state index contributed by atoms with van der Waals surface area (Å²) >= 11 is 0. The van der Waals surface area contributed by atoms with Gasteiger partial charge in [0.15, 0.2) is 0 Å². The summed E-state index contributed by atoms with van der Waals surface area (Å²) in [6.45, 7) is 6.96. The van der Waals surface area contributed by atoms with E-state index in [0.717, 1.165) is 44.8 Å². The summed E-state index contributed by atoms with van der Waals surface area (Å²) < 4.78 is 5.92. The van der Waals surface area contributed by atoms with Crippen molar-refractivity contribution in [3.8, 4) is 0 Å². The average Bonchev–Trinajstić information content (AvgIpc) is 2.80. The van der Waals surface area contributed by atoms with Gasteiger partial charge in [-0.15, -0.1) is 0 Å². The first-order chi connectivity index (χ1) is 14.6. The molecule has 2 aromatic rings. The molecule has 1 fully saturated rings. The molecule has 1 saturated heterocycles. The lowest BCUT2D eigenvalue weighted by Crippen LogP contribution is -2.42. The van der Waals surface area contributed by atoms with E-state index in [1.165, 1.54) is 30.4 Å². The number of hydrogen-bond donors (Lipinski definition) is 1. The number of carbonyl (C=O) groups excluding carboxylic acids is 1. The van der Waals surface area contributed by atoms with E-state index >= 15 is 0 Å². The molecule has 4 heteroatoms. The van der Waals surface area contributed by atoms with Crippen LogP contribution in [-0.4, -0.2) is 44.2 Å². The van der Waals surface area contributed by atoms with Gasteiger partial charge in [-0.2, -0.15) is 0 Å². The molecule has 0 radical (unpaired) electrons. The van der Waals surface area contributed by atoms with E-state index in [2.05, 4.69) is 71.7 Å². The second kappa shape index (κ2) is 11.3. The highest BCUT2D eigenvalue weighted by Gasteiger charge is 2.34. The van der Waals surface area contributed by atoms with Gasteiger partial charge in [-0.25, -0.2) is 0 Å². The fraction of sp³-hybridized carbons (Fsp3) is 0.500. The van der Waals surface area contributed by atoms with Crippen LogP contribution in [0.15, 0.2) is 54.6 Å². The van der Waals surface area contributed by atoms with E-state index in [4.69, 9.17) is 4.74 Å². The fourth-order valence-corrected chi connectivity index (χ4v) is 4.32. The van der Waals surface area contributed by atoms with E-state index in [1.807, 2.05) is 0 Å². The van der Waals surface area contributed by atoms with Crippen molar-refractivity contribution in [3.63, 3.8) is 0 Å². The zero-order valence-corrected chi connectivity index (χ0v) is 18.5. The summed E-state index contributed by atoms with van der Waals surface area (Å²) in [7, 11) is 1.68. The van der Waals surface area contributed by atoms with Crippen LogP contribution in [-0.2, 0) is 28.9 Å². The monoisotopic (exact) mass is 408 g/mol. The van der Waals surface area contributed by atoms with Crippen LogP contribution in [0.2, 0.25) is 0 Å². The van der Waals surface area contributed by atoms with Crippen LogP contribution < -0.4 is 5.32 Å². The first kappa shape index (κ1) is 22.5. The summed E-state index contributed by atoms with van der Waals surface area (Å²) in [5, 5.41) is 2.68. The fourth-order valence-electron chi connectivity index (χ4n) is 4.32. The number of amides is 1. The lowest BCUT2D eigenvalue weighted by Gasteiger charge is -2.42. The van der Waals surface area contributed by atoms with Crippen molar-refractivity contribution in [1.29, 1.82) is 0 Å². The number of hydrogen-bond acceptors (Lipinski definition) is 3. The Balaban J connectivity index is 1.53. The van der Waals surface area contributed by atoms with Gasteiger partial charge in [-0.05, 0) is 67.8 Å². The Morgan fingerprint density at radius 1 is 1.00 bits per heavy atom. The molecule has 1 aliphatic rings. The molecule has 4 nitrogen and oxygen atoms in total. The van der Waals surface area contributed by atoms with Crippen LogP contribution in [0.4, 0.5) is 0 Å². The minimum Gasteiger partial charge on any atom is -0.381 e. The van der Waals surface area contributed by atoms with Crippen LogP contribution in [0.25, 0.3) is 0 Å². The smallest absolute Gasteiger partial charge is 0.224 e. The number of piperidine rings is 1. The van der Waals surface area contributed by atoms with E-state index < -0.39 is 0 Å². The van der Waals surface area contributed by atoms with Gasteiger partial charge in [0, 0.05) is 20.2 Å². The second-order valence-electron chi connectivity index (χ2n) is 8.57. The molecule has 0 aromatic heterocycles. The van der Waals surface area contributed by atoms with Crippen molar-refractivity contribution < 1.29 is 9.53 Å². The molecule has 1 aliphatic heterocycles. The Morgan fingerprint density at radius 3 is 2.30 bits per heavy atom. The van der Waals surface area contributed by atoms with E-state index in [0.29, 0.717) is 11.8 Å². The third-order valence-corrected chi connectivity index (χ3v) is 6.39.